The molecule has 0 saturated carbocycles. The summed E-state index contributed by atoms with van der Waals surface area (Å²) in [5.74, 6) is -0.232. The average molecular weight is 191 g/mol. The van der Waals surface area contributed by atoms with Crippen LogP contribution in [-0.2, 0) is 4.74 Å². The maximum absolute atomic E-state index is 11.5. The zero-order valence-electron chi connectivity index (χ0n) is 8.07. The highest BCUT2D eigenvalue weighted by Gasteiger charge is 2.29. The second kappa shape index (κ2) is 3.80. The Bertz CT molecular complexity index is 323. The molecule has 2 atom stereocenters. The second-order valence-electron chi connectivity index (χ2n) is 3.51. The molecule has 1 fully saturated rings. The molecule has 3 nitrogen and oxygen atoms in total. The summed E-state index contributed by atoms with van der Waals surface area (Å²) in [5, 5.41) is 3.14. The molecule has 0 amide bonds. The highest BCUT2D eigenvalue weighted by atomic mass is 16.5. The number of rotatable bonds is 2. The summed E-state index contributed by atoms with van der Waals surface area (Å²) in [7, 11) is 0. The van der Waals surface area contributed by atoms with Crippen LogP contribution in [-0.4, -0.2) is 24.7 Å². The quantitative estimate of drug-likeness (QED) is 0.714. The highest BCUT2D eigenvalue weighted by molar-refractivity contribution is 5.89. The van der Waals surface area contributed by atoms with Gasteiger partial charge in [0.15, 0.2) is 0 Å². The Hall–Kier alpha value is -1.35. The maximum atomic E-state index is 11.5. The van der Waals surface area contributed by atoms with E-state index in [0.717, 1.165) is 6.54 Å². The van der Waals surface area contributed by atoms with Crippen molar-refractivity contribution in [3.8, 4) is 0 Å². The first-order chi connectivity index (χ1) is 6.77. The molecule has 74 valence electrons. The van der Waals surface area contributed by atoms with Crippen LogP contribution in [0.3, 0.4) is 0 Å². The molecule has 1 aromatic rings. The fraction of sp³-hybridized carbons (Fsp3) is 0.364. The predicted molar refractivity (Wildman–Crippen MR) is 53.1 cm³/mol. The summed E-state index contributed by atoms with van der Waals surface area (Å²) in [4.78, 5) is 11.5. The number of ether oxygens (including phenoxy) is 1. The number of carbonyl (C=O) groups excluding carboxylic acids is 1. The van der Waals surface area contributed by atoms with E-state index in [-0.39, 0.29) is 18.1 Å². The van der Waals surface area contributed by atoms with Gasteiger partial charge >= 0.3 is 5.97 Å². The van der Waals surface area contributed by atoms with E-state index in [1.807, 2.05) is 25.1 Å². The first-order valence-electron chi connectivity index (χ1n) is 4.77. The molecule has 1 aromatic carbocycles. The van der Waals surface area contributed by atoms with Crippen LogP contribution in [0.25, 0.3) is 0 Å². The highest BCUT2D eigenvalue weighted by Crippen LogP contribution is 2.11. The number of nitrogens with one attached hydrogen (secondary N) is 1. The van der Waals surface area contributed by atoms with Gasteiger partial charge in [0.05, 0.1) is 5.56 Å². The van der Waals surface area contributed by atoms with Crippen LogP contribution >= 0.6 is 0 Å². The molecule has 14 heavy (non-hydrogen) atoms. The molecule has 1 unspecified atom stereocenters. The largest absolute Gasteiger partial charge is 0.456 e. The van der Waals surface area contributed by atoms with E-state index in [4.69, 9.17) is 4.74 Å². The van der Waals surface area contributed by atoms with E-state index in [9.17, 15) is 4.79 Å². The number of carbonyl (C=O) groups is 1. The molecule has 1 heterocycles. The maximum Gasteiger partial charge on any atom is 0.338 e. The minimum Gasteiger partial charge on any atom is -0.456 e. The smallest absolute Gasteiger partial charge is 0.338 e. The summed E-state index contributed by atoms with van der Waals surface area (Å²) in [6.07, 6.45) is 0.0303. The normalized spacial score (nSPS) is 25.2. The van der Waals surface area contributed by atoms with Gasteiger partial charge < -0.3 is 10.1 Å². The van der Waals surface area contributed by atoms with Crippen molar-refractivity contribution < 1.29 is 9.53 Å². The molecule has 0 aliphatic carbocycles. The summed E-state index contributed by atoms with van der Waals surface area (Å²) in [6, 6.07) is 9.35. The summed E-state index contributed by atoms with van der Waals surface area (Å²) in [6.45, 7) is 2.77. The minimum atomic E-state index is -0.232. The Morgan fingerprint density at radius 2 is 2.14 bits per heavy atom. The van der Waals surface area contributed by atoms with Gasteiger partial charge in [0.1, 0.15) is 6.10 Å². The molecular weight excluding hydrogens is 178 g/mol. The molecule has 0 spiro atoms. The van der Waals surface area contributed by atoms with Crippen molar-refractivity contribution in [2.24, 2.45) is 0 Å². The minimum absolute atomic E-state index is 0.0303. The number of esters is 1. The molecule has 1 N–H and O–H groups in total. The lowest BCUT2D eigenvalue weighted by Crippen LogP contribution is -2.57. The SMILES string of the molecule is C[C@H]1NCC1OC(=O)c1ccccc1. The monoisotopic (exact) mass is 191 g/mol. The number of hydrogen-bond donors (Lipinski definition) is 1. The lowest BCUT2D eigenvalue weighted by molar-refractivity contribution is 0.000743. The van der Waals surface area contributed by atoms with Gasteiger partial charge in [-0.1, -0.05) is 18.2 Å². The van der Waals surface area contributed by atoms with Gasteiger partial charge in [0, 0.05) is 12.6 Å². The van der Waals surface area contributed by atoms with Crippen LogP contribution in [0, 0.1) is 0 Å². The fourth-order valence-electron chi connectivity index (χ4n) is 1.37. The standard InChI is InChI=1S/C11H13NO2/c1-8-10(7-12-8)14-11(13)9-5-3-2-4-6-9/h2-6,8,10,12H,7H2,1H3/t8-,10?/m1/s1. The third kappa shape index (κ3) is 1.77. The average Bonchev–Trinajstić information content (AvgIpc) is 2.24. The number of hydrogen-bond acceptors (Lipinski definition) is 3. The van der Waals surface area contributed by atoms with Crippen molar-refractivity contribution in [2.75, 3.05) is 6.54 Å². The van der Waals surface area contributed by atoms with Crippen LogP contribution in [0.5, 0.6) is 0 Å². The van der Waals surface area contributed by atoms with Gasteiger partial charge in [0.2, 0.25) is 0 Å². The number of benzene rings is 1. The van der Waals surface area contributed by atoms with Crippen molar-refractivity contribution in [2.45, 2.75) is 19.1 Å². The Labute approximate surface area is 83.1 Å². The topological polar surface area (TPSA) is 38.3 Å². The van der Waals surface area contributed by atoms with Crippen LogP contribution in [0.4, 0.5) is 0 Å². The van der Waals surface area contributed by atoms with Crippen molar-refractivity contribution in [3.05, 3.63) is 35.9 Å². The van der Waals surface area contributed by atoms with Gasteiger partial charge in [-0.05, 0) is 19.1 Å². The predicted octanol–water partition coefficient (Wildman–Crippen LogP) is 1.20. The third-order valence-corrected chi connectivity index (χ3v) is 2.47. The Morgan fingerprint density at radius 1 is 1.43 bits per heavy atom. The van der Waals surface area contributed by atoms with E-state index < -0.39 is 0 Å². The lowest BCUT2D eigenvalue weighted by Gasteiger charge is -2.34. The lowest BCUT2D eigenvalue weighted by atomic mass is 10.1. The Kier molecular flexibility index (Phi) is 2.50. The second-order valence-corrected chi connectivity index (χ2v) is 3.51. The van der Waals surface area contributed by atoms with Crippen LogP contribution in [0.1, 0.15) is 17.3 Å². The van der Waals surface area contributed by atoms with Gasteiger partial charge in [-0.15, -0.1) is 0 Å². The molecular formula is C11H13NO2. The summed E-state index contributed by atoms with van der Waals surface area (Å²) >= 11 is 0. The van der Waals surface area contributed by atoms with Crippen LogP contribution < -0.4 is 5.32 Å². The van der Waals surface area contributed by atoms with E-state index >= 15 is 0 Å². The molecule has 1 saturated heterocycles. The molecule has 1 aliphatic rings. The van der Waals surface area contributed by atoms with Crippen LogP contribution in [0.2, 0.25) is 0 Å². The zero-order chi connectivity index (χ0) is 9.97. The molecule has 0 aromatic heterocycles. The van der Waals surface area contributed by atoms with Crippen molar-refractivity contribution in [1.82, 2.24) is 5.32 Å². The van der Waals surface area contributed by atoms with Gasteiger partial charge in [0.25, 0.3) is 0 Å². The molecule has 3 heteroatoms. The fourth-order valence-corrected chi connectivity index (χ4v) is 1.37. The molecule has 2 rings (SSSR count). The van der Waals surface area contributed by atoms with Gasteiger partial charge in [-0.25, -0.2) is 4.79 Å². The van der Waals surface area contributed by atoms with Crippen molar-refractivity contribution >= 4 is 5.97 Å². The zero-order valence-corrected chi connectivity index (χ0v) is 8.07. The van der Waals surface area contributed by atoms with Gasteiger partial charge in [-0.2, -0.15) is 0 Å². The Morgan fingerprint density at radius 3 is 2.64 bits per heavy atom. The summed E-state index contributed by atoms with van der Waals surface area (Å²) in [5.41, 5.74) is 0.617. The first-order valence-corrected chi connectivity index (χ1v) is 4.77. The third-order valence-electron chi connectivity index (χ3n) is 2.47. The summed E-state index contributed by atoms with van der Waals surface area (Å²) < 4.78 is 5.28. The Balaban J connectivity index is 1.96. The molecule has 1 aliphatic heterocycles. The van der Waals surface area contributed by atoms with Gasteiger partial charge in [-0.3, -0.25) is 0 Å². The van der Waals surface area contributed by atoms with E-state index in [1.165, 1.54) is 0 Å². The first kappa shape index (κ1) is 9.21. The molecule has 0 radical (unpaired) electrons. The molecule has 0 bridgehead atoms. The van der Waals surface area contributed by atoms with E-state index in [1.54, 1.807) is 12.1 Å². The van der Waals surface area contributed by atoms with Crippen molar-refractivity contribution in [3.63, 3.8) is 0 Å². The van der Waals surface area contributed by atoms with Crippen LogP contribution in [0.15, 0.2) is 30.3 Å². The van der Waals surface area contributed by atoms with E-state index in [2.05, 4.69) is 5.32 Å². The van der Waals surface area contributed by atoms with Crippen molar-refractivity contribution in [1.29, 1.82) is 0 Å². The van der Waals surface area contributed by atoms with E-state index in [0.29, 0.717) is 5.56 Å².